The first-order chi connectivity index (χ1) is 11.7. The second-order valence-electron chi connectivity index (χ2n) is 6.01. The van der Waals surface area contributed by atoms with Gasteiger partial charge >= 0.3 is 0 Å². The molecule has 3 atom stereocenters. The van der Waals surface area contributed by atoms with Crippen molar-refractivity contribution >= 4 is 0 Å². The van der Waals surface area contributed by atoms with Gasteiger partial charge in [0.2, 0.25) is 0 Å². The lowest BCUT2D eigenvalue weighted by atomic mass is 9.99. The van der Waals surface area contributed by atoms with E-state index in [1.165, 1.54) is 0 Å². The van der Waals surface area contributed by atoms with Crippen LogP contribution in [0.1, 0.15) is 24.0 Å². The summed E-state index contributed by atoms with van der Waals surface area (Å²) in [6.07, 6.45) is -0.532. The quantitative estimate of drug-likeness (QED) is 0.625. The third kappa shape index (κ3) is 6.42. The molecule has 0 aromatic heterocycles. The maximum Gasteiger partial charge on any atom is 0.0878 e. The van der Waals surface area contributed by atoms with Crippen molar-refractivity contribution in [1.29, 1.82) is 0 Å². The zero-order valence-corrected chi connectivity index (χ0v) is 13.8. The van der Waals surface area contributed by atoms with E-state index in [-0.39, 0.29) is 12.7 Å². The minimum atomic E-state index is -0.800. The number of rotatable bonds is 10. The van der Waals surface area contributed by atoms with Crippen LogP contribution in [0.4, 0.5) is 0 Å². The fourth-order valence-corrected chi connectivity index (χ4v) is 2.57. The summed E-state index contributed by atoms with van der Waals surface area (Å²) in [5.41, 5.74) is 2.15. The molecule has 4 nitrogen and oxygen atoms in total. The zero-order valence-electron chi connectivity index (χ0n) is 13.8. The van der Waals surface area contributed by atoms with Crippen molar-refractivity contribution in [2.45, 2.75) is 44.2 Å². The Labute approximate surface area is 143 Å². The van der Waals surface area contributed by atoms with Gasteiger partial charge < -0.3 is 20.1 Å². The zero-order chi connectivity index (χ0) is 17.2. The Bertz CT molecular complexity index is 558. The number of aliphatic hydroxyl groups excluding tert-OH is 3. The van der Waals surface area contributed by atoms with E-state index < -0.39 is 12.2 Å². The maximum absolute atomic E-state index is 10.5. The van der Waals surface area contributed by atoms with Crippen LogP contribution in [0.15, 0.2) is 60.7 Å². The SMILES string of the molecule is OCC(O)CC[C@H](O)[C@H](Cc1ccccc1)OCc1ccccc1. The van der Waals surface area contributed by atoms with Gasteiger partial charge in [0, 0.05) is 6.42 Å². The topological polar surface area (TPSA) is 69.9 Å². The van der Waals surface area contributed by atoms with Gasteiger partial charge in [-0.25, -0.2) is 0 Å². The van der Waals surface area contributed by atoms with E-state index in [0.717, 1.165) is 11.1 Å². The summed E-state index contributed by atoms with van der Waals surface area (Å²) >= 11 is 0. The normalized spacial score (nSPS) is 15.0. The third-order valence-corrected chi connectivity index (χ3v) is 4.02. The fourth-order valence-electron chi connectivity index (χ4n) is 2.57. The lowest BCUT2D eigenvalue weighted by Crippen LogP contribution is -2.32. The number of hydrogen-bond donors (Lipinski definition) is 3. The average Bonchev–Trinajstić information content (AvgIpc) is 2.64. The Balaban J connectivity index is 1.97. The molecule has 0 radical (unpaired) electrons. The molecule has 3 N–H and O–H groups in total. The van der Waals surface area contributed by atoms with E-state index in [4.69, 9.17) is 9.84 Å². The summed E-state index contributed by atoms with van der Waals surface area (Å²) in [6.45, 7) is 0.138. The van der Waals surface area contributed by atoms with Gasteiger partial charge in [-0.05, 0) is 24.0 Å². The van der Waals surface area contributed by atoms with E-state index in [9.17, 15) is 10.2 Å². The Morgan fingerprint density at radius 1 is 0.792 bits per heavy atom. The van der Waals surface area contributed by atoms with Crippen LogP contribution in [-0.4, -0.2) is 40.2 Å². The van der Waals surface area contributed by atoms with Gasteiger partial charge in [0.05, 0.1) is 31.5 Å². The van der Waals surface area contributed by atoms with Crippen molar-refractivity contribution < 1.29 is 20.1 Å². The van der Waals surface area contributed by atoms with Crippen molar-refractivity contribution in [3.63, 3.8) is 0 Å². The molecule has 4 heteroatoms. The molecule has 2 aromatic carbocycles. The number of hydrogen-bond acceptors (Lipinski definition) is 4. The molecule has 0 saturated heterocycles. The molecule has 0 spiro atoms. The van der Waals surface area contributed by atoms with Crippen molar-refractivity contribution in [3.8, 4) is 0 Å². The first kappa shape index (κ1) is 18.6. The predicted octanol–water partition coefficient (Wildman–Crippen LogP) is 2.31. The van der Waals surface area contributed by atoms with Gasteiger partial charge in [-0.2, -0.15) is 0 Å². The van der Waals surface area contributed by atoms with Crippen molar-refractivity contribution in [1.82, 2.24) is 0 Å². The lowest BCUT2D eigenvalue weighted by Gasteiger charge is -2.24. The average molecular weight is 330 g/mol. The summed E-state index contributed by atoms with van der Waals surface area (Å²) in [5, 5.41) is 28.9. The highest BCUT2D eigenvalue weighted by molar-refractivity contribution is 5.16. The van der Waals surface area contributed by atoms with Crippen LogP contribution in [0, 0.1) is 0 Å². The molecule has 1 unspecified atom stereocenters. The largest absolute Gasteiger partial charge is 0.394 e. The highest BCUT2D eigenvalue weighted by Crippen LogP contribution is 2.16. The van der Waals surface area contributed by atoms with Crippen molar-refractivity contribution in [2.24, 2.45) is 0 Å². The molecular weight excluding hydrogens is 304 g/mol. The molecule has 0 aliphatic carbocycles. The first-order valence-electron chi connectivity index (χ1n) is 8.35. The summed E-state index contributed by atoms with van der Waals surface area (Å²) in [6, 6.07) is 19.7. The highest BCUT2D eigenvalue weighted by atomic mass is 16.5. The van der Waals surface area contributed by atoms with Crippen LogP contribution in [0.3, 0.4) is 0 Å². The smallest absolute Gasteiger partial charge is 0.0878 e. The van der Waals surface area contributed by atoms with E-state index in [0.29, 0.717) is 25.9 Å². The molecule has 0 bridgehead atoms. The van der Waals surface area contributed by atoms with Crippen LogP contribution in [-0.2, 0) is 17.8 Å². The van der Waals surface area contributed by atoms with Gasteiger partial charge in [-0.15, -0.1) is 0 Å². The Hall–Kier alpha value is -1.72. The van der Waals surface area contributed by atoms with Crippen LogP contribution in [0.2, 0.25) is 0 Å². The predicted molar refractivity (Wildman–Crippen MR) is 93.5 cm³/mol. The molecule has 130 valence electrons. The van der Waals surface area contributed by atoms with Crippen LogP contribution >= 0.6 is 0 Å². The monoisotopic (exact) mass is 330 g/mol. The minimum Gasteiger partial charge on any atom is -0.394 e. The number of benzene rings is 2. The fraction of sp³-hybridized carbons (Fsp3) is 0.400. The number of ether oxygens (including phenoxy) is 1. The van der Waals surface area contributed by atoms with Crippen molar-refractivity contribution in [3.05, 3.63) is 71.8 Å². The van der Waals surface area contributed by atoms with Gasteiger partial charge in [0.15, 0.2) is 0 Å². The second kappa shape index (κ2) is 10.2. The second-order valence-corrected chi connectivity index (χ2v) is 6.01. The van der Waals surface area contributed by atoms with Crippen molar-refractivity contribution in [2.75, 3.05) is 6.61 Å². The molecule has 2 rings (SSSR count). The minimum absolute atomic E-state index is 0.291. The molecule has 0 aliphatic heterocycles. The standard InChI is InChI=1S/C20H26O4/c21-14-18(22)11-12-19(23)20(13-16-7-3-1-4-8-16)24-15-17-9-5-2-6-10-17/h1-10,18-23H,11-15H2/t18?,19-,20-/m0/s1. The van der Waals surface area contributed by atoms with E-state index in [1.54, 1.807) is 0 Å². The summed E-state index contributed by atoms with van der Waals surface area (Å²) in [5.74, 6) is 0. The molecule has 0 saturated carbocycles. The molecule has 0 heterocycles. The Morgan fingerprint density at radius 2 is 1.38 bits per heavy atom. The van der Waals surface area contributed by atoms with Crippen LogP contribution < -0.4 is 0 Å². The summed E-state index contributed by atoms with van der Waals surface area (Å²) < 4.78 is 5.97. The van der Waals surface area contributed by atoms with Gasteiger partial charge in [0.25, 0.3) is 0 Å². The Morgan fingerprint density at radius 3 is 1.96 bits per heavy atom. The maximum atomic E-state index is 10.5. The number of aliphatic hydroxyl groups is 3. The summed E-state index contributed by atoms with van der Waals surface area (Å²) in [4.78, 5) is 0. The van der Waals surface area contributed by atoms with E-state index in [1.807, 2.05) is 60.7 Å². The summed E-state index contributed by atoms with van der Waals surface area (Å²) in [7, 11) is 0. The molecular formula is C20H26O4. The molecule has 2 aromatic rings. The van der Waals surface area contributed by atoms with Gasteiger partial charge in [0.1, 0.15) is 0 Å². The molecule has 24 heavy (non-hydrogen) atoms. The molecule has 0 fully saturated rings. The lowest BCUT2D eigenvalue weighted by molar-refractivity contribution is -0.0534. The van der Waals surface area contributed by atoms with Crippen LogP contribution in [0.5, 0.6) is 0 Å². The van der Waals surface area contributed by atoms with Gasteiger partial charge in [-0.1, -0.05) is 60.7 Å². The molecule has 0 aliphatic rings. The van der Waals surface area contributed by atoms with E-state index >= 15 is 0 Å². The Kier molecular flexibility index (Phi) is 7.92. The van der Waals surface area contributed by atoms with Gasteiger partial charge in [-0.3, -0.25) is 0 Å². The van der Waals surface area contributed by atoms with Crippen LogP contribution in [0.25, 0.3) is 0 Å². The molecule has 0 amide bonds. The first-order valence-corrected chi connectivity index (χ1v) is 8.35. The van der Waals surface area contributed by atoms with E-state index in [2.05, 4.69) is 0 Å². The highest BCUT2D eigenvalue weighted by Gasteiger charge is 2.21. The third-order valence-electron chi connectivity index (χ3n) is 4.02.